The predicted octanol–water partition coefficient (Wildman–Crippen LogP) is 3.55. The highest BCUT2D eigenvalue weighted by Crippen LogP contribution is 2.24. The number of hydrogen-bond donors (Lipinski definition) is 0. The van der Waals surface area contributed by atoms with E-state index in [0.717, 1.165) is 41.7 Å². The van der Waals surface area contributed by atoms with E-state index in [0.29, 0.717) is 12.8 Å². The quantitative estimate of drug-likeness (QED) is 0.670. The van der Waals surface area contributed by atoms with Crippen LogP contribution >= 0.6 is 0 Å². The Morgan fingerprint density at radius 1 is 1.07 bits per heavy atom. The molecule has 1 aliphatic rings. The van der Waals surface area contributed by atoms with E-state index < -0.39 is 0 Å². The topological polar surface area (TPSA) is 54.8 Å². The van der Waals surface area contributed by atoms with E-state index in [1.54, 1.807) is 18.6 Å². The Morgan fingerprint density at radius 3 is 2.56 bits per heavy atom. The molecule has 6 heteroatoms. The Kier molecular flexibility index (Phi) is 5.05. The number of halogens is 1. The molecule has 1 saturated heterocycles. The Morgan fingerprint density at radius 2 is 1.89 bits per heavy atom. The van der Waals surface area contributed by atoms with Gasteiger partial charge in [0.25, 0.3) is 0 Å². The molecule has 1 aliphatic heterocycles. The average Bonchev–Trinajstić information content (AvgIpc) is 2.61. The van der Waals surface area contributed by atoms with Crippen molar-refractivity contribution in [1.29, 1.82) is 0 Å². The Balaban J connectivity index is 1.58. The summed E-state index contributed by atoms with van der Waals surface area (Å²) < 4.78 is 13.2. The molecule has 0 bridgehead atoms. The Bertz CT molecular complexity index is 894. The number of nitrogens with zero attached hydrogens (tertiary/aromatic N) is 5. The number of benzene rings is 1. The van der Waals surface area contributed by atoms with Crippen LogP contribution in [0, 0.1) is 5.82 Å². The van der Waals surface area contributed by atoms with Gasteiger partial charge < -0.3 is 4.90 Å². The summed E-state index contributed by atoms with van der Waals surface area (Å²) in [7, 11) is 0. The van der Waals surface area contributed by atoms with Crippen LogP contribution in [0.1, 0.15) is 42.0 Å². The van der Waals surface area contributed by atoms with Crippen molar-refractivity contribution in [2.45, 2.75) is 32.1 Å². The summed E-state index contributed by atoms with van der Waals surface area (Å²) in [5, 5.41) is 0. The molecule has 4 rings (SSSR count). The second-order valence-corrected chi connectivity index (χ2v) is 7.00. The fourth-order valence-corrected chi connectivity index (χ4v) is 3.22. The van der Waals surface area contributed by atoms with E-state index in [4.69, 9.17) is 9.97 Å². The SMILES string of the molecule is C[C@H](Cc1nc(Cc2cnccn2)cc(N2CCC2)n1)c1ccc(F)cc1. The highest BCUT2D eigenvalue weighted by atomic mass is 19.1. The summed E-state index contributed by atoms with van der Waals surface area (Å²) in [6.45, 7) is 4.19. The van der Waals surface area contributed by atoms with Gasteiger partial charge >= 0.3 is 0 Å². The monoisotopic (exact) mass is 363 g/mol. The van der Waals surface area contributed by atoms with Crippen molar-refractivity contribution < 1.29 is 4.39 Å². The molecule has 0 amide bonds. The van der Waals surface area contributed by atoms with Crippen LogP contribution in [0.25, 0.3) is 0 Å². The van der Waals surface area contributed by atoms with E-state index >= 15 is 0 Å². The van der Waals surface area contributed by atoms with Crippen molar-refractivity contribution in [2.75, 3.05) is 18.0 Å². The van der Waals surface area contributed by atoms with Gasteiger partial charge in [0.05, 0.1) is 11.4 Å². The largest absolute Gasteiger partial charge is 0.356 e. The van der Waals surface area contributed by atoms with Crippen LogP contribution in [0.4, 0.5) is 10.2 Å². The van der Waals surface area contributed by atoms with E-state index in [2.05, 4.69) is 27.9 Å². The number of rotatable bonds is 6. The van der Waals surface area contributed by atoms with Gasteiger partial charge in [0.1, 0.15) is 17.5 Å². The standard InChI is InChI=1S/C21H22FN5/c1-15(16-3-5-17(22)6-4-16)11-20-25-18(12-19-14-23-7-8-24-19)13-21(26-20)27-9-2-10-27/h3-8,13-15H,2,9-12H2,1H3/t15-/m1/s1. The normalized spacial score (nSPS) is 14.7. The molecule has 1 fully saturated rings. The van der Waals surface area contributed by atoms with Crippen molar-refractivity contribution in [3.63, 3.8) is 0 Å². The minimum absolute atomic E-state index is 0.210. The Labute approximate surface area is 158 Å². The molecule has 1 atom stereocenters. The van der Waals surface area contributed by atoms with Crippen LogP contribution in [0.15, 0.2) is 48.9 Å². The molecular formula is C21H22FN5. The molecule has 2 aromatic heterocycles. The van der Waals surface area contributed by atoms with Crippen LogP contribution < -0.4 is 4.90 Å². The molecule has 0 unspecified atom stereocenters. The zero-order valence-electron chi connectivity index (χ0n) is 15.3. The maximum absolute atomic E-state index is 13.2. The van der Waals surface area contributed by atoms with Gasteiger partial charge in [-0.25, -0.2) is 14.4 Å². The van der Waals surface area contributed by atoms with E-state index in [1.807, 2.05) is 12.1 Å². The maximum Gasteiger partial charge on any atom is 0.132 e. The molecule has 3 heterocycles. The lowest BCUT2D eigenvalue weighted by atomic mass is 9.97. The third-order valence-corrected chi connectivity index (χ3v) is 4.90. The van der Waals surface area contributed by atoms with Gasteiger partial charge in [-0.1, -0.05) is 19.1 Å². The van der Waals surface area contributed by atoms with Crippen molar-refractivity contribution >= 4 is 5.82 Å². The smallest absolute Gasteiger partial charge is 0.132 e. The average molecular weight is 363 g/mol. The lowest BCUT2D eigenvalue weighted by Gasteiger charge is -2.32. The van der Waals surface area contributed by atoms with Crippen molar-refractivity contribution in [3.05, 3.63) is 77.5 Å². The summed E-state index contributed by atoms with van der Waals surface area (Å²) >= 11 is 0. The van der Waals surface area contributed by atoms with E-state index in [-0.39, 0.29) is 11.7 Å². The van der Waals surface area contributed by atoms with Crippen LogP contribution in [0.2, 0.25) is 0 Å². The van der Waals surface area contributed by atoms with Gasteiger partial charge in [-0.05, 0) is 30.0 Å². The molecule has 3 aromatic rings. The van der Waals surface area contributed by atoms with E-state index in [1.165, 1.54) is 18.6 Å². The lowest BCUT2D eigenvalue weighted by Crippen LogP contribution is -2.38. The highest BCUT2D eigenvalue weighted by molar-refractivity contribution is 5.43. The first-order chi connectivity index (χ1) is 13.2. The minimum Gasteiger partial charge on any atom is -0.356 e. The van der Waals surface area contributed by atoms with Gasteiger partial charge in [0.15, 0.2) is 0 Å². The zero-order valence-corrected chi connectivity index (χ0v) is 15.3. The number of aromatic nitrogens is 4. The number of hydrogen-bond acceptors (Lipinski definition) is 5. The van der Waals surface area contributed by atoms with Gasteiger partial charge in [-0.2, -0.15) is 0 Å². The van der Waals surface area contributed by atoms with Gasteiger partial charge in [0, 0.05) is 50.6 Å². The summed E-state index contributed by atoms with van der Waals surface area (Å²) in [6, 6.07) is 8.73. The molecule has 138 valence electrons. The van der Waals surface area contributed by atoms with Crippen LogP contribution in [-0.4, -0.2) is 33.0 Å². The van der Waals surface area contributed by atoms with Crippen molar-refractivity contribution in [1.82, 2.24) is 19.9 Å². The molecule has 0 spiro atoms. The summed E-state index contributed by atoms with van der Waals surface area (Å²) in [5.41, 5.74) is 2.93. The number of anilines is 1. The van der Waals surface area contributed by atoms with Gasteiger partial charge in [-0.3, -0.25) is 9.97 Å². The first kappa shape index (κ1) is 17.5. The van der Waals surface area contributed by atoms with Crippen LogP contribution in [0.3, 0.4) is 0 Å². The fraction of sp³-hybridized carbons (Fsp3) is 0.333. The van der Waals surface area contributed by atoms with Gasteiger partial charge in [0.2, 0.25) is 0 Å². The minimum atomic E-state index is -0.215. The molecule has 27 heavy (non-hydrogen) atoms. The van der Waals surface area contributed by atoms with Crippen molar-refractivity contribution in [2.24, 2.45) is 0 Å². The van der Waals surface area contributed by atoms with E-state index in [9.17, 15) is 4.39 Å². The molecule has 0 radical (unpaired) electrons. The first-order valence-corrected chi connectivity index (χ1v) is 9.29. The second-order valence-electron chi connectivity index (χ2n) is 7.00. The second kappa shape index (κ2) is 7.78. The van der Waals surface area contributed by atoms with Crippen LogP contribution in [-0.2, 0) is 12.8 Å². The van der Waals surface area contributed by atoms with Crippen molar-refractivity contribution in [3.8, 4) is 0 Å². The fourth-order valence-electron chi connectivity index (χ4n) is 3.22. The third kappa shape index (κ3) is 4.27. The van der Waals surface area contributed by atoms with Crippen LogP contribution in [0.5, 0.6) is 0 Å². The summed E-state index contributed by atoms with van der Waals surface area (Å²) in [6.07, 6.45) is 7.68. The molecule has 0 saturated carbocycles. The first-order valence-electron chi connectivity index (χ1n) is 9.29. The lowest BCUT2D eigenvalue weighted by molar-refractivity contribution is 0.602. The maximum atomic E-state index is 13.2. The highest BCUT2D eigenvalue weighted by Gasteiger charge is 2.19. The third-order valence-electron chi connectivity index (χ3n) is 4.90. The molecule has 5 nitrogen and oxygen atoms in total. The summed E-state index contributed by atoms with van der Waals surface area (Å²) in [4.78, 5) is 20.3. The molecular weight excluding hydrogens is 341 g/mol. The summed E-state index contributed by atoms with van der Waals surface area (Å²) in [5.74, 6) is 1.79. The molecule has 1 aromatic carbocycles. The zero-order chi connectivity index (χ0) is 18.6. The molecule has 0 N–H and O–H groups in total. The van der Waals surface area contributed by atoms with Gasteiger partial charge in [-0.15, -0.1) is 0 Å². The predicted molar refractivity (Wildman–Crippen MR) is 102 cm³/mol. The Hall–Kier alpha value is -2.89. The molecule has 0 aliphatic carbocycles.